The molecule has 4 nitrogen and oxygen atoms in total. The number of amides is 1. The van der Waals surface area contributed by atoms with Crippen LogP contribution in [0.4, 0.5) is 5.00 Å². The third-order valence-corrected chi connectivity index (χ3v) is 5.84. The number of carbonyl (C=O) groups excluding carboxylic acids is 1. The first-order valence-electron chi connectivity index (χ1n) is 8.49. The first kappa shape index (κ1) is 17.0. The van der Waals surface area contributed by atoms with Crippen molar-refractivity contribution in [1.29, 1.82) is 0 Å². The second kappa shape index (κ2) is 6.93. The Morgan fingerprint density at radius 3 is 2.79 bits per heavy atom. The lowest BCUT2D eigenvalue weighted by Crippen LogP contribution is -2.38. The highest BCUT2D eigenvalue weighted by Gasteiger charge is 2.43. The lowest BCUT2D eigenvalue weighted by atomic mass is 9.77. The number of carbonyl (C=O) groups is 1. The van der Waals surface area contributed by atoms with E-state index in [0.717, 1.165) is 59.7 Å². The van der Waals surface area contributed by atoms with Gasteiger partial charge in [-0.15, -0.1) is 11.3 Å². The van der Waals surface area contributed by atoms with Crippen molar-refractivity contribution < 1.29 is 9.53 Å². The van der Waals surface area contributed by atoms with Crippen molar-refractivity contribution in [2.45, 2.75) is 51.4 Å². The molecule has 1 aliphatic carbocycles. The first-order valence-corrected chi connectivity index (χ1v) is 9.37. The van der Waals surface area contributed by atoms with Crippen molar-refractivity contribution in [3.8, 4) is 5.75 Å². The van der Waals surface area contributed by atoms with Gasteiger partial charge in [0.1, 0.15) is 10.8 Å². The summed E-state index contributed by atoms with van der Waals surface area (Å²) in [6.45, 7) is 4.08. The zero-order valence-corrected chi connectivity index (χ0v) is 15.3. The predicted molar refractivity (Wildman–Crippen MR) is 98.0 cm³/mol. The summed E-state index contributed by atoms with van der Waals surface area (Å²) in [5.41, 5.74) is 4.44. The Kier molecular flexibility index (Phi) is 4.90. The molecule has 1 fully saturated rings. The molecule has 1 N–H and O–H groups in total. The van der Waals surface area contributed by atoms with Crippen LogP contribution in [0.5, 0.6) is 5.75 Å². The molecule has 1 saturated carbocycles. The van der Waals surface area contributed by atoms with Gasteiger partial charge in [-0.05, 0) is 43.4 Å². The van der Waals surface area contributed by atoms with Crippen LogP contribution in [0, 0.1) is 6.92 Å². The van der Waals surface area contributed by atoms with Gasteiger partial charge in [-0.25, -0.2) is 4.98 Å². The van der Waals surface area contributed by atoms with Gasteiger partial charge < -0.3 is 10.1 Å². The molecule has 1 aromatic heterocycles. The van der Waals surface area contributed by atoms with Crippen LogP contribution in [-0.4, -0.2) is 18.0 Å². The van der Waals surface area contributed by atoms with E-state index in [-0.39, 0.29) is 5.91 Å². The summed E-state index contributed by atoms with van der Waals surface area (Å²) in [5, 5.41) is 4.03. The molecule has 1 amide bonds. The summed E-state index contributed by atoms with van der Waals surface area (Å²) < 4.78 is 5.47. The quantitative estimate of drug-likeness (QED) is 0.870. The number of nitrogens with one attached hydrogen (secondary N) is 1. The Morgan fingerprint density at radius 1 is 1.38 bits per heavy atom. The van der Waals surface area contributed by atoms with E-state index >= 15 is 0 Å². The Hall–Kier alpha value is -1.88. The Labute approximate surface area is 147 Å². The van der Waals surface area contributed by atoms with Gasteiger partial charge in [-0.2, -0.15) is 0 Å². The van der Waals surface area contributed by atoms with Crippen LogP contribution in [0.25, 0.3) is 0 Å². The molecule has 2 aromatic rings. The molecule has 1 aromatic carbocycles. The molecule has 0 saturated heterocycles. The molecule has 0 bridgehead atoms. The smallest absolute Gasteiger partial charge is 0.235 e. The van der Waals surface area contributed by atoms with Gasteiger partial charge in [0.2, 0.25) is 5.91 Å². The summed E-state index contributed by atoms with van der Waals surface area (Å²) in [7, 11) is 1.68. The van der Waals surface area contributed by atoms with Crippen LogP contribution in [0.2, 0.25) is 0 Å². The minimum atomic E-state index is -0.462. The lowest BCUT2D eigenvalue weighted by molar-refractivity contribution is -0.121. The second-order valence-electron chi connectivity index (χ2n) is 6.41. The molecule has 24 heavy (non-hydrogen) atoms. The van der Waals surface area contributed by atoms with Crippen LogP contribution in [0.3, 0.4) is 0 Å². The number of nitrogens with zero attached hydrogens (tertiary/aromatic N) is 1. The van der Waals surface area contributed by atoms with Gasteiger partial charge in [0.25, 0.3) is 0 Å². The van der Waals surface area contributed by atoms with Gasteiger partial charge in [0, 0.05) is 0 Å². The standard InChI is InChI=1S/C19H24N2O2S/c1-4-15-17(24-12-20-15)21-18(22)19(9-5-6-10-19)14-8-7-13(2)16(11-14)23-3/h7-8,11-12H,4-6,9-10H2,1-3H3,(H,21,22). The Bertz CT molecular complexity index is 733. The molecule has 1 aliphatic rings. The third kappa shape index (κ3) is 2.93. The molecule has 0 radical (unpaired) electrons. The fraction of sp³-hybridized carbons (Fsp3) is 0.474. The number of thiazole rings is 1. The van der Waals surface area contributed by atoms with Crippen LogP contribution >= 0.6 is 11.3 Å². The molecular formula is C19H24N2O2S. The van der Waals surface area contributed by atoms with Gasteiger partial charge >= 0.3 is 0 Å². The maximum atomic E-state index is 13.2. The molecule has 0 aliphatic heterocycles. The molecular weight excluding hydrogens is 320 g/mol. The minimum Gasteiger partial charge on any atom is -0.496 e. The topological polar surface area (TPSA) is 51.2 Å². The van der Waals surface area contributed by atoms with Crippen molar-refractivity contribution in [1.82, 2.24) is 4.98 Å². The number of aryl methyl sites for hydroxylation is 2. The monoisotopic (exact) mass is 344 g/mol. The minimum absolute atomic E-state index is 0.0878. The van der Waals surface area contributed by atoms with Crippen molar-refractivity contribution in [3.63, 3.8) is 0 Å². The Balaban J connectivity index is 1.95. The molecule has 0 spiro atoms. The maximum Gasteiger partial charge on any atom is 0.235 e. The fourth-order valence-corrected chi connectivity index (χ4v) is 4.36. The predicted octanol–water partition coefficient (Wildman–Crippen LogP) is 4.47. The number of hydrogen-bond acceptors (Lipinski definition) is 4. The summed E-state index contributed by atoms with van der Waals surface area (Å²) >= 11 is 1.50. The average Bonchev–Trinajstić information content (AvgIpc) is 3.25. The molecule has 1 heterocycles. The SMILES string of the molecule is CCc1ncsc1NC(=O)C1(c2ccc(C)c(OC)c2)CCCC1. The normalized spacial score (nSPS) is 16.1. The van der Waals surface area contributed by atoms with Gasteiger partial charge in [0.05, 0.1) is 23.7 Å². The van der Waals surface area contributed by atoms with Crippen molar-refractivity contribution in [2.24, 2.45) is 0 Å². The van der Waals surface area contributed by atoms with Crippen molar-refractivity contribution >= 4 is 22.2 Å². The van der Waals surface area contributed by atoms with Gasteiger partial charge in [-0.3, -0.25) is 4.79 Å². The summed E-state index contributed by atoms with van der Waals surface area (Å²) in [4.78, 5) is 17.5. The van der Waals surface area contributed by atoms with E-state index in [1.165, 1.54) is 11.3 Å². The van der Waals surface area contributed by atoms with E-state index in [0.29, 0.717) is 0 Å². The van der Waals surface area contributed by atoms with Gasteiger partial charge in [0.15, 0.2) is 0 Å². The highest BCUT2D eigenvalue weighted by molar-refractivity contribution is 7.14. The molecule has 0 unspecified atom stereocenters. The summed E-state index contributed by atoms with van der Waals surface area (Å²) in [6, 6.07) is 6.16. The van der Waals surface area contributed by atoms with Crippen molar-refractivity contribution in [3.05, 3.63) is 40.5 Å². The van der Waals surface area contributed by atoms with E-state index in [9.17, 15) is 4.79 Å². The van der Waals surface area contributed by atoms with Crippen LogP contribution < -0.4 is 10.1 Å². The number of aromatic nitrogens is 1. The third-order valence-electron chi connectivity index (χ3n) is 5.06. The van der Waals surface area contributed by atoms with E-state index in [1.54, 1.807) is 12.6 Å². The molecule has 128 valence electrons. The number of anilines is 1. The van der Waals surface area contributed by atoms with Crippen LogP contribution in [0.1, 0.15) is 49.4 Å². The van der Waals surface area contributed by atoms with Crippen LogP contribution in [0.15, 0.2) is 23.7 Å². The number of ether oxygens (including phenoxy) is 1. The van der Waals surface area contributed by atoms with Crippen molar-refractivity contribution in [2.75, 3.05) is 12.4 Å². The molecule has 5 heteroatoms. The largest absolute Gasteiger partial charge is 0.496 e. The number of methoxy groups -OCH3 is 1. The summed E-state index contributed by atoms with van der Waals surface area (Å²) in [5.74, 6) is 0.934. The number of rotatable bonds is 5. The van der Waals surface area contributed by atoms with E-state index < -0.39 is 5.41 Å². The van der Waals surface area contributed by atoms with Gasteiger partial charge in [-0.1, -0.05) is 31.9 Å². The van der Waals surface area contributed by atoms with E-state index in [1.807, 2.05) is 19.1 Å². The average molecular weight is 344 g/mol. The maximum absolute atomic E-state index is 13.2. The molecule has 0 atom stereocenters. The zero-order chi connectivity index (χ0) is 17.2. The fourth-order valence-electron chi connectivity index (χ4n) is 3.59. The van der Waals surface area contributed by atoms with E-state index in [4.69, 9.17) is 4.74 Å². The molecule has 3 rings (SSSR count). The highest BCUT2D eigenvalue weighted by Crippen LogP contribution is 2.43. The first-order chi connectivity index (χ1) is 11.6. The summed E-state index contributed by atoms with van der Waals surface area (Å²) in [6.07, 6.45) is 4.74. The highest BCUT2D eigenvalue weighted by atomic mass is 32.1. The van der Waals surface area contributed by atoms with Crippen LogP contribution in [-0.2, 0) is 16.6 Å². The Morgan fingerprint density at radius 2 is 2.12 bits per heavy atom. The second-order valence-corrected chi connectivity index (χ2v) is 7.26. The lowest BCUT2D eigenvalue weighted by Gasteiger charge is -2.29. The number of hydrogen-bond donors (Lipinski definition) is 1. The zero-order valence-electron chi connectivity index (χ0n) is 14.5. The number of benzene rings is 1. The van der Waals surface area contributed by atoms with E-state index in [2.05, 4.69) is 23.3 Å².